The monoisotopic (exact) mass is 464 g/mol. The van der Waals surface area contributed by atoms with E-state index < -0.39 is 6.04 Å². The lowest BCUT2D eigenvalue weighted by molar-refractivity contribution is -0.123. The maximum absolute atomic E-state index is 12.8. The molecule has 1 saturated carbocycles. The van der Waals surface area contributed by atoms with Gasteiger partial charge in [0.1, 0.15) is 11.9 Å². The molecule has 2 amide bonds. The summed E-state index contributed by atoms with van der Waals surface area (Å²) in [4.78, 5) is 31.1. The molecule has 2 heterocycles. The number of hydrogen-bond donors (Lipinski definition) is 4. The summed E-state index contributed by atoms with van der Waals surface area (Å²) < 4.78 is 0. The maximum Gasteiger partial charge on any atom is 0.262 e. The number of hydrogen-bond acceptors (Lipinski definition) is 6. The van der Waals surface area contributed by atoms with E-state index in [4.69, 9.17) is 16.7 Å². The fraction of sp³-hybridized carbons (Fsp3) is 0.500. The summed E-state index contributed by atoms with van der Waals surface area (Å²) in [5.41, 5.74) is 0. The van der Waals surface area contributed by atoms with Crippen LogP contribution in [0.25, 0.3) is 0 Å². The van der Waals surface area contributed by atoms with E-state index in [1.807, 2.05) is 6.07 Å². The van der Waals surface area contributed by atoms with Crippen LogP contribution >= 0.6 is 22.9 Å². The standard InChI is InChI=1S/C22H29ClN4O3S/c23-16-8-9-24-20(13-16)26-14-17-6-7-19(31-17)22(30)27-18(21(29)25-10-11-28)12-15-4-2-1-3-5-15/h6-9,13,15,18,28H,1-5,10-12,14H2,(H,24,26)(H,25,29)(H,27,30)/t18-/m0/s1. The van der Waals surface area contributed by atoms with Gasteiger partial charge in [0, 0.05) is 22.6 Å². The molecule has 1 fully saturated rings. The average molecular weight is 465 g/mol. The zero-order valence-corrected chi connectivity index (χ0v) is 19.0. The van der Waals surface area contributed by atoms with Crippen molar-refractivity contribution in [2.45, 2.75) is 51.1 Å². The van der Waals surface area contributed by atoms with Crippen molar-refractivity contribution in [2.75, 3.05) is 18.5 Å². The van der Waals surface area contributed by atoms with Crippen molar-refractivity contribution in [1.82, 2.24) is 15.6 Å². The van der Waals surface area contributed by atoms with Gasteiger partial charge in [0.25, 0.3) is 5.91 Å². The summed E-state index contributed by atoms with van der Waals surface area (Å²) in [5.74, 6) is 0.614. The summed E-state index contributed by atoms with van der Waals surface area (Å²) in [6, 6.07) is 6.51. The molecule has 1 aliphatic rings. The lowest BCUT2D eigenvalue weighted by atomic mass is 9.84. The lowest BCUT2D eigenvalue weighted by Crippen LogP contribution is -2.48. The van der Waals surface area contributed by atoms with Crippen LogP contribution in [0.5, 0.6) is 0 Å². The van der Waals surface area contributed by atoms with E-state index >= 15 is 0 Å². The van der Waals surface area contributed by atoms with Gasteiger partial charge in [0.2, 0.25) is 5.91 Å². The molecule has 168 valence electrons. The zero-order chi connectivity index (χ0) is 22.1. The fourth-order valence-electron chi connectivity index (χ4n) is 3.79. The first-order chi connectivity index (χ1) is 15.0. The van der Waals surface area contributed by atoms with Gasteiger partial charge in [0.15, 0.2) is 0 Å². The highest BCUT2D eigenvalue weighted by atomic mass is 35.5. The molecule has 1 aliphatic carbocycles. The number of carbonyl (C=O) groups is 2. The molecule has 2 aromatic heterocycles. The van der Waals surface area contributed by atoms with Crippen LogP contribution in [0.2, 0.25) is 5.02 Å². The van der Waals surface area contributed by atoms with E-state index in [0.717, 1.165) is 17.7 Å². The van der Waals surface area contributed by atoms with Gasteiger partial charge >= 0.3 is 0 Å². The molecule has 3 rings (SSSR count). The third-order valence-corrected chi connectivity index (χ3v) is 6.70. The smallest absolute Gasteiger partial charge is 0.262 e. The minimum atomic E-state index is -0.596. The van der Waals surface area contributed by atoms with Crippen LogP contribution in [-0.2, 0) is 11.3 Å². The quantitative estimate of drug-likeness (QED) is 0.430. The third-order valence-electron chi connectivity index (χ3n) is 5.38. The average Bonchev–Trinajstić information content (AvgIpc) is 3.25. The second kappa shape index (κ2) is 12.0. The predicted octanol–water partition coefficient (Wildman–Crippen LogP) is 3.59. The van der Waals surface area contributed by atoms with E-state index in [-0.39, 0.29) is 25.0 Å². The Bertz CT molecular complexity index is 870. The fourth-order valence-corrected chi connectivity index (χ4v) is 4.80. The van der Waals surface area contributed by atoms with Gasteiger partial charge in [-0.15, -0.1) is 11.3 Å². The number of aromatic nitrogens is 1. The molecule has 4 N–H and O–H groups in total. The largest absolute Gasteiger partial charge is 0.395 e. The number of nitrogens with one attached hydrogen (secondary N) is 3. The van der Waals surface area contributed by atoms with E-state index in [1.165, 1.54) is 30.6 Å². The van der Waals surface area contributed by atoms with Crippen molar-refractivity contribution in [3.8, 4) is 0 Å². The highest BCUT2D eigenvalue weighted by molar-refractivity contribution is 7.14. The van der Waals surface area contributed by atoms with Crippen LogP contribution in [0.1, 0.15) is 53.1 Å². The Morgan fingerprint density at radius 1 is 1.23 bits per heavy atom. The predicted molar refractivity (Wildman–Crippen MR) is 123 cm³/mol. The molecule has 2 aromatic rings. The summed E-state index contributed by atoms with van der Waals surface area (Å²) in [6.07, 6.45) is 8.02. The van der Waals surface area contributed by atoms with E-state index in [2.05, 4.69) is 20.9 Å². The Kier molecular flexibility index (Phi) is 9.12. The molecule has 0 aliphatic heterocycles. The molecule has 0 radical (unpaired) electrons. The SMILES string of the molecule is O=C(N[C@@H](CC1CCCCC1)C(=O)NCCO)c1ccc(CNc2cc(Cl)ccn2)s1. The molecular weight excluding hydrogens is 436 g/mol. The summed E-state index contributed by atoms with van der Waals surface area (Å²) in [6.45, 7) is 0.578. The van der Waals surface area contributed by atoms with Gasteiger partial charge in [-0.25, -0.2) is 4.98 Å². The number of rotatable bonds is 10. The van der Waals surface area contributed by atoms with Crippen LogP contribution in [-0.4, -0.2) is 41.1 Å². The number of amides is 2. The second-order valence-corrected chi connectivity index (χ2v) is 9.36. The Morgan fingerprint density at radius 3 is 2.77 bits per heavy atom. The lowest BCUT2D eigenvalue weighted by Gasteiger charge is -2.26. The number of pyridine rings is 1. The number of thiophene rings is 1. The molecule has 0 unspecified atom stereocenters. The summed E-state index contributed by atoms with van der Waals surface area (Å²) in [5, 5.41) is 18.4. The maximum atomic E-state index is 12.8. The first-order valence-corrected chi connectivity index (χ1v) is 11.9. The Morgan fingerprint density at radius 2 is 2.03 bits per heavy atom. The highest BCUT2D eigenvalue weighted by Gasteiger charge is 2.26. The molecular formula is C22H29ClN4O3S. The van der Waals surface area contributed by atoms with Crippen molar-refractivity contribution >= 4 is 40.6 Å². The molecule has 0 bridgehead atoms. The topological polar surface area (TPSA) is 103 Å². The molecule has 7 nitrogen and oxygen atoms in total. The van der Waals surface area contributed by atoms with Crippen molar-refractivity contribution in [3.05, 3.63) is 45.2 Å². The van der Waals surface area contributed by atoms with Crippen LogP contribution in [0.15, 0.2) is 30.5 Å². The second-order valence-electron chi connectivity index (χ2n) is 7.76. The number of anilines is 1. The Hall–Kier alpha value is -2.16. The summed E-state index contributed by atoms with van der Waals surface area (Å²) in [7, 11) is 0. The van der Waals surface area contributed by atoms with Gasteiger partial charge in [-0.2, -0.15) is 0 Å². The number of nitrogens with zero attached hydrogens (tertiary/aromatic N) is 1. The molecule has 0 spiro atoms. The molecule has 31 heavy (non-hydrogen) atoms. The van der Waals surface area contributed by atoms with Gasteiger partial charge in [-0.3, -0.25) is 9.59 Å². The van der Waals surface area contributed by atoms with Crippen molar-refractivity contribution in [1.29, 1.82) is 0 Å². The number of aliphatic hydroxyl groups is 1. The van der Waals surface area contributed by atoms with Crippen LogP contribution in [0, 0.1) is 5.92 Å². The van der Waals surface area contributed by atoms with Gasteiger partial charge in [0.05, 0.1) is 18.0 Å². The van der Waals surface area contributed by atoms with Crippen molar-refractivity contribution in [2.24, 2.45) is 5.92 Å². The number of carbonyl (C=O) groups excluding carboxylic acids is 2. The number of halogens is 1. The van der Waals surface area contributed by atoms with Gasteiger partial charge in [-0.05, 0) is 36.6 Å². The van der Waals surface area contributed by atoms with Crippen LogP contribution < -0.4 is 16.0 Å². The first kappa shape index (κ1) is 23.5. The summed E-state index contributed by atoms with van der Waals surface area (Å²) >= 11 is 7.35. The third kappa shape index (κ3) is 7.48. The van der Waals surface area contributed by atoms with Gasteiger partial charge < -0.3 is 21.1 Å². The molecule has 9 heteroatoms. The molecule has 1 atom stereocenters. The Balaban J connectivity index is 1.58. The van der Waals surface area contributed by atoms with Gasteiger partial charge in [-0.1, -0.05) is 43.7 Å². The van der Waals surface area contributed by atoms with Crippen LogP contribution in [0.3, 0.4) is 0 Å². The van der Waals surface area contributed by atoms with E-state index in [1.54, 1.807) is 24.4 Å². The minimum Gasteiger partial charge on any atom is -0.395 e. The van der Waals surface area contributed by atoms with E-state index in [9.17, 15) is 9.59 Å². The number of aliphatic hydroxyl groups excluding tert-OH is 1. The van der Waals surface area contributed by atoms with Crippen LogP contribution in [0.4, 0.5) is 5.82 Å². The minimum absolute atomic E-state index is 0.126. The van der Waals surface area contributed by atoms with Crippen molar-refractivity contribution in [3.63, 3.8) is 0 Å². The van der Waals surface area contributed by atoms with Crippen molar-refractivity contribution < 1.29 is 14.7 Å². The molecule has 0 saturated heterocycles. The molecule has 0 aromatic carbocycles. The zero-order valence-electron chi connectivity index (χ0n) is 17.4. The highest BCUT2D eigenvalue weighted by Crippen LogP contribution is 2.28. The Labute approximate surface area is 191 Å². The normalized spacial score (nSPS) is 15.3. The van der Waals surface area contributed by atoms with E-state index in [0.29, 0.717) is 34.6 Å². The first-order valence-electron chi connectivity index (χ1n) is 10.7.